The highest BCUT2D eigenvalue weighted by Gasteiger charge is 2.34. The zero-order chi connectivity index (χ0) is 17.3. The summed E-state index contributed by atoms with van der Waals surface area (Å²) in [6.07, 6.45) is 9.12. The first-order chi connectivity index (χ1) is 12.2. The molecule has 25 heavy (non-hydrogen) atoms. The smallest absolute Gasteiger partial charge is 0.251 e. The van der Waals surface area contributed by atoms with E-state index in [1.807, 2.05) is 6.07 Å². The molecule has 2 aliphatic rings. The van der Waals surface area contributed by atoms with Gasteiger partial charge < -0.3 is 15.7 Å². The van der Waals surface area contributed by atoms with Crippen molar-refractivity contribution in [3.8, 4) is 0 Å². The van der Waals surface area contributed by atoms with Gasteiger partial charge in [-0.2, -0.15) is 0 Å². The molecule has 6 heteroatoms. The monoisotopic (exact) mass is 340 g/mol. The lowest BCUT2D eigenvalue weighted by molar-refractivity contribution is 0.0838. The fourth-order valence-electron chi connectivity index (χ4n) is 3.66. The Hall–Kier alpha value is -2.21. The van der Waals surface area contributed by atoms with E-state index in [2.05, 4.69) is 20.6 Å². The predicted molar refractivity (Wildman–Crippen MR) is 96.6 cm³/mol. The van der Waals surface area contributed by atoms with Crippen LogP contribution in [0.25, 0.3) is 10.9 Å². The molecule has 0 radical (unpaired) electrons. The minimum atomic E-state index is -0.464. The number of carbonyl (C=O) groups excluding carboxylic acids is 1. The van der Waals surface area contributed by atoms with Gasteiger partial charge in [-0.15, -0.1) is 0 Å². The third kappa shape index (κ3) is 3.31. The second-order valence-electron chi connectivity index (χ2n) is 7.34. The number of hydrogen-bond donors (Lipinski definition) is 3. The van der Waals surface area contributed by atoms with Crippen LogP contribution in [0.5, 0.6) is 0 Å². The largest absolute Gasteiger partial charge is 0.394 e. The van der Waals surface area contributed by atoms with Gasteiger partial charge in [0.15, 0.2) is 0 Å². The van der Waals surface area contributed by atoms with Crippen molar-refractivity contribution >= 4 is 22.8 Å². The molecule has 2 aromatic rings. The minimum absolute atomic E-state index is 0.00997. The Morgan fingerprint density at radius 3 is 2.72 bits per heavy atom. The normalized spacial score (nSPS) is 19.6. The van der Waals surface area contributed by atoms with Crippen molar-refractivity contribution in [2.24, 2.45) is 0 Å². The summed E-state index contributed by atoms with van der Waals surface area (Å²) in [6, 6.07) is 5.94. The Bertz CT molecular complexity index is 782. The van der Waals surface area contributed by atoms with E-state index in [9.17, 15) is 9.90 Å². The Morgan fingerprint density at radius 1 is 1.24 bits per heavy atom. The van der Waals surface area contributed by atoms with Crippen molar-refractivity contribution in [1.29, 1.82) is 0 Å². The fraction of sp³-hybridized carbons (Fsp3) is 0.526. The molecule has 0 saturated heterocycles. The number of amides is 1. The predicted octanol–water partition coefficient (Wildman–Crippen LogP) is 2.63. The molecule has 1 aromatic heterocycles. The molecule has 1 heterocycles. The zero-order valence-corrected chi connectivity index (χ0v) is 14.3. The molecule has 1 aromatic carbocycles. The van der Waals surface area contributed by atoms with Crippen molar-refractivity contribution < 1.29 is 9.90 Å². The van der Waals surface area contributed by atoms with Gasteiger partial charge in [0, 0.05) is 23.2 Å². The lowest BCUT2D eigenvalue weighted by atomic mass is 9.93. The third-order valence-electron chi connectivity index (χ3n) is 5.53. The van der Waals surface area contributed by atoms with Gasteiger partial charge in [0.05, 0.1) is 17.7 Å². The molecule has 2 aliphatic carbocycles. The molecule has 6 nitrogen and oxygen atoms in total. The molecule has 2 fully saturated rings. The molecule has 0 unspecified atom stereocenters. The summed E-state index contributed by atoms with van der Waals surface area (Å²) in [5.41, 5.74) is 0.865. The number of aliphatic hydroxyl groups is 1. The van der Waals surface area contributed by atoms with Crippen LogP contribution < -0.4 is 10.6 Å². The summed E-state index contributed by atoms with van der Waals surface area (Å²) in [6.45, 7) is -0.00997. The van der Waals surface area contributed by atoms with Crippen molar-refractivity contribution in [3.63, 3.8) is 0 Å². The maximum Gasteiger partial charge on any atom is 0.251 e. The van der Waals surface area contributed by atoms with Gasteiger partial charge in [-0.3, -0.25) is 4.79 Å². The molecular weight excluding hydrogens is 316 g/mol. The number of fused-ring (bicyclic) bond motifs is 1. The highest BCUT2D eigenvalue weighted by atomic mass is 16.3. The molecule has 132 valence electrons. The maximum absolute atomic E-state index is 12.6. The van der Waals surface area contributed by atoms with Crippen molar-refractivity contribution in [2.45, 2.75) is 56.5 Å². The zero-order valence-electron chi connectivity index (χ0n) is 14.3. The van der Waals surface area contributed by atoms with Crippen LogP contribution in [0.2, 0.25) is 0 Å². The molecule has 3 N–H and O–H groups in total. The van der Waals surface area contributed by atoms with E-state index in [0.717, 1.165) is 49.4 Å². The van der Waals surface area contributed by atoms with Crippen LogP contribution in [0, 0.1) is 0 Å². The van der Waals surface area contributed by atoms with Gasteiger partial charge >= 0.3 is 0 Å². The maximum atomic E-state index is 12.6. The molecule has 4 rings (SSSR count). The van der Waals surface area contributed by atoms with E-state index in [1.165, 1.54) is 6.42 Å². The van der Waals surface area contributed by atoms with E-state index in [-0.39, 0.29) is 12.5 Å². The number of aliphatic hydroxyl groups excluding tert-OH is 1. The van der Waals surface area contributed by atoms with Crippen LogP contribution in [0.1, 0.15) is 55.3 Å². The summed E-state index contributed by atoms with van der Waals surface area (Å²) in [7, 11) is 0. The second kappa shape index (κ2) is 6.59. The van der Waals surface area contributed by atoms with E-state index in [0.29, 0.717) is 17.6 Å². The quantitative estimate of drug-likeness (QED) is 0.779. The lowest BCUT2D eigenvalue weighted by Crippen LogP contribution is -2.49. The third-order valence-corrected chi connectivity index (χ3v) is 5.53. The topological polar surface area (TPSA) is 87.1 Å². The number of carbonyl (C=O) groups is 1. The highest BCUT2D eigenvalue weighted by molar-refractivity contribution is 5.98. The van der Waals surface area contributed by atoms with Crippen LogP contribution in [-0.4, -0.2) is 39.2 Å². The summed E-state index contributed by atoms with van der Waals surface area (Å²) < 4.78 is 0. The number of rotatable bonds is 5. The number of nitrogens with one attached hydrogen (secondary N) is 2. The van der Waals surface area contributed by atoms with Gasteiger partial charge in [-0.25, -0.2) is 9.97 Å². The van der Waals surface area contributed by atoms with Crippen molar-refractivity contribution in [1.82, 2.24) is 15.3 Å². The highest BCUT2D eigenvalue weighted by Crippen LogP contribution is 2.29. The Labute approximate surface area is 147 Å². The van der Waals surface area contributed by atoms with Gasteiger partial charge in [0.1, 0.15) is 0 Å². The van der Waals surface area contributed by atoms with Crippen molar-refractivity contribution in [3.05, 3.63) is 30.0 Å². The van der Waals surface area contributed by atoms with Gasteiger partial charge in [0.2, 0.25) is 5.95 Å². The van der Waals surface area contributed by atoms with Gasteiger partial charge in [-0.1, -0.05) is 18.9 Å². The molecule has 1 amide bonds. The Morgan fingerprint density at radius 2 is 2.04 bits per heavy atom. The molecule has 0 bridgehead atoms. The van der Waals surface area contributed by atoms with E-state index < -0.39 is 5.54 Å². The summed E-state index contributed by atoms with van der Waals surface area (Å²) >= 11 is 0. The van der Waals surface area contributed by atoms with Crippen LogP contribution in [0.3, 0.4) is 0 Å². The summed E-state index contributed by atoms with van der Waals surface area (Å²) in [5, 5.41) is 17.0. The molecule has 0 aliphatic heterocycles. The summed E-state index contributed by atoms with van der Waals surface area (Å²) in [5.74, 6) is 0.474. The first-order valence-corrected chi connectivity index (χ1v) is 9.14. The number of hydrogen-bond acceptors (Lipinski definition) is 5. The van der Waals surface area contributed by atoms with Crippen molar-refractivity contribution in [2.75, 3.05) is 11.9 Å². The number of benzene rings is 1. The average molecular weight is 340 g/mol. The van der Waals surface area contributed by atoms with E-state index in [4.69, 9.17) is 0 Å². The molecule has 0 spiro atoms. The first kappa shape index (κ1) is 16.3. The van der Waals surface area contributed by atoms with Gasteiger partial charge in [0.25, 0.3) is 5.91 Å². The fourth-order valence-corrected chi connectivity index (χ4v) is 3.66. The molecule has 0 atom stereocenters. The van der Waals surface area contributed by atoms with Crippen LogP contribution in [0.15, 0.2) is 24.4 Å². The van der Waals surface area contributed by atoms with E-state index in [1.54, 1.807) is 18.3 Å². The number of nitrogens with zero attached hydrogens (tertiary/aromatic N) is 2. The minimum Gasteiger partial charge on any atom is -0.394 e. The first-order valence-electron chi connectivity index (χ1n) is 9.14. The SMILES string of the molecule is O=C(NC1(CO)CCCC1)c1ccc2cnc(NC3CCC3)nc2c1. The average Bonchev–Trinajstić information content (AvgIpc) is 3.06. The molecular formula is C19H24N4O2. The van der Waals surface area contributed by atoms with Crippen LogP contribution in [0.4, 0.5) is 5.95 Å². The Kier molecular flexibility index (Phi) is 4.29. The van der Waals surface area contributed by atoms with Gasteiger partial charge in [-0.05, 0) is 44.2 Å². The summed E-state index contributed by atoms with van der Waals surface area (Å²) in [4.78, 5) is 21.6. The number of aromatic nitrogens is 2. The van der Waals surface area contributed by atoms with Crippen LogP contribution >= 0.6 is 0 Å². The molecule has 2 saturated carbocycles. The second-order valence-corrected chi connectivity index (χ2v) is 7.34. The standard InChI is InChI=1S/C19H24N4O2/c24-12-19(8-1-2-9-19)23-17(25)13-6-7-14-11-20-18(22-16(14)10-13)21-15-4-3-5-15/h6-7,10-11,15,24H,1-5,8-9,12H2,(H,23,25)(H,20,21,22). The van der Waals surface area contributed by atoms with Crippen LogP contribution in [-0.2, 0) is 0 Å². The number of anilines is 1. The lowest BCUT2D eigenvalue weighted by Gasteiger charge is -2.28. The Balaban J connectivity index is 1.55. The van der Waals surface area contributed by atoms with E-state index >= 15 is 0 Å².